The van der Waals surface area contributed by atoms with Crippen molar-refractivity contribution in [2.75, 3.05) is 11.4 Å². The van der Waals surface area contributed by atoms with Crippen molar-refractivity contribution in [1.29, 1.82) is 0 Å². The van der Waals surface area contributed by atoms with Gasteiger partial charge in [0, 0.05) is 24.4 Å². The summed E-state index contributed by atoms with van der Waals surface area (Å²) in [6.07, 6.45) is 0.613. The number of nitrogens with two attached hydrogens (primary N) is 1. The van der Waals surface area contributed by atoms with Crippen molar-refractivity contribution >= 4 is 28.7 Å². The number of carbonyl (C=O) groups excluding carboxylic acids is 1. The van der Waals surface area contributed by atoms with E-state index in [0.29, 0.717) is 18.7 Å². The zero-order valence-corrected chi connectivity index (χ0v) is 12.3. The number of nitro benzene ring substituents is 2. The highest BCUT2D eigenvalue weighted by Crippen LogP contribution is 2.45. The van der Waals surface area contributed by atoms with Crippen LogP contribution in [-0.2, 0) is 6.42 Å². The minimum atomic E-state index is -0.963. The third-order valence-electron chi connectivity index (χ3n) is 3.90. The Balaban J connectivity index is 2.29. The van der Waals surface area contributed by atoms with Crippen LogP contribution in [0.25, 0.3) is 0 Å². The number of fused-ring (bicyclic) bond motifs is 1. The van der Waals surface area contributed by atoms with Gasteiger partial charge in [-0.1, -0.05) is 18.2 Å². The maximum Gasteiger partial charge on any atom is 0.300 e. The summed E-state index contributed by atoms with van der Waals surface area (Å²) in [6, 6.07) is 9.16. The number of amides is 1. The number of primary amides is 1. The van der Waals surface area contributed by atoms with Crippen LogP contribution in [0, 0.1) is 20.2 Å². The normalized spacial score (nSPS) is 12.8. The fourth-order valence-corrected chi connectivity index (χ4v) is 2.87. The molecule has 3 rings (SSSR count). The lowest BCUT2D eigenvalue weighted by atomic mass is 10.1. The highest BCUT2D eigenvalue weighted by molar-refractivity contribution is 5.97. The third-order valence-corrected chi connectivity index (χ3v) is 3.90. The van der Waals surface area contributed by atoms with Crippen molar-refractivity contribution in [1.82, 2.24) is 0 Å². The molecule has 0 unspecified atom stereocenters. The molecule has 0 radical (unpaired) electrons. The van der Waals surface area contributed by atoms with Crippen LogP contribution in [0.1, 0.15) is 15.9 Å². The second kappa shape index (κ2) is 5.61. The van der Waals surface area contributed by atoms with Crippen molar-refractivity contribution < 1.29 is 14.6 Å². The summed E-state index contributed by atoms with van der Waals surface area (Å²) in [4.78, 5) is 34.3. The largest absolute Gasteiger partial charge is 0.366 e. The Kier molecular flexibility index (Phi) is 3.60. The molecule has 0 spiro atoms. The number of nitrogens with zero attached hydrogens (tertiary/aromatic N) is 3. The fraction of sp³-hybridized carbons (Fsp3) is 0.133. The standard InChI is InChI=1S/C15H12N4O5/c16-15(20)10-7-12(18(21)22)14(13(8-10)19(23)24)17-6-5-9-3-1-2-4-11(9)17/h1-4,7-8H,5-6H2,(H2,16,20). The van der Waals surface area contributed by atoms with E-state index >= 15 is 0 Å². The van der Waals surface area contributed by atoms with Crippen LogP contribution < -0.4 is 10.6 Å². The number of benzene rings is 2. The molecule has 2 N–H and O–H groups in total. The molecule has 0 atom stereocenters. The van der Waals surface area contributed by atoms with E-state index in [1.54, 1.807) is 12.1 Å². The van der Waals surface area contributed by atoms with Gasteiger partial charge in [-0.2, -0.15) is 0 Å². The van der Waals surface area contributed by atoms with Crippen molar-refractivity contribution in [3.05, 3.63) is 67.8 Å². The Morgan fingerprint density at radius 2 is 1.67 bits per heavy atom. The molecule has 0 fully saturated rings. The van der Waals surface area contributed by atoms with Crippen LogP contribution in [0.15, 0.2) is 36.4 Å². The van der Waals surface area contributed by atoms with Crippen LogP contribution in [0.2, 0.25) is 0 Å². The second-order valence-corrected chi connectivity index (χ2v) is 5.27. The molecule has 0 saturated heterocycles. The van der Waals surface area contributed by atoms with Crippen molar-refractivity contribution in [2.45, 2.75) is 6.42 Å². The Bertz CT molecular complexity index is 845. The molecule has 1 amide bonds. The number of rotatable bonds is 4. The van der Waals surface area contributed by atoms with E-state index in [-0.39, 0.29) is 11.3 Å². The zero-order chi connectivity index (χ0) is 17.4. The maximum absolute atomic E-state index is 11.4. The van der Waals surface area contributed by atoms with Crippen LogP contribution in [-0.4, -0.2) is 22.3 Å². The number of anilines is 2. The smallest absolute Gasteiger partial charge is 0.300 e. The minimum Gasteiger partial charge on any atom is -0.366 e. The SMILES string of the molecule is NC(=O)c1cc([N+](=O)[O-])c(N2CCc3ccccc32)c([N+](=O)[O-])c1. The molecule has 24 heavy (non-hydrogen) atoms. The van der Waals surface area contributed by atoms with Crippen molar-refractivity contribution in [3.8, 4) is 0 Å². The summed E-state index contributed by atoms with van der Waals surface area (Å²) in [5.41, 5.74) is 5.31. The van der Waals surface area contributed by atoms with Crippen LogP contribution >= 0.6 is 0 Å². The van der Waals surface area contributed by atoms with Gasteiger partial charge in [0.15, 0.2) is 5.69 Å². The summed E-state index contributed by atoms with van der Waals surface area (Å²) in [5, 5.41) is 22.9. The Morgan fingerprint density at radius 1 is 1.08 bits per heavy atom. The van der Waals surface area contributed by atoms with E-state index < -0.39 is 27.1 Å². The van der Waals surface area contributed by atoms with Gasteiger partial charge in [-0.15, -0.1) is 0 Å². The van der Waals surface area contributed by atoms with Gasteiger partial charge in [-0.3, -0.25) is 25.0 Å². The maximum atomic E-state index is 11.4. The molecule has 0 aliphatic carbocycles. The lowest BCUT2D eigenvalue weighted by Gasteiger charge is -2.19. The first kappa shape index (κ1) is 15.4. The van der Waals surface area contributed by atoms with Gasteiger partial charge in [-0.05, 0) is 18.1 Å². The van der Waals surface area contributed by atoms with Crippen molar-refractivity contribution in [2.24, 2.45) is 5.73 Å². The molecule has 1 heterocycles. The van der Waals surface area contributed by atoms with Gasteiger partial charge in [0.25, 0.3) is 0 Å². The highest BCUT2D eigenvalue weighted by Gasteiger charge is 2.35. The van der Waals surface area contributed by atoms with Crippen LogP contribution in [0.5, 0.6) is 0 Å². The van der Waals surface area contributed by atoms with Gasteiger partial charge in [0.05, 0.1) is 15.4 Å². The van der Waals surface area contributed by atoms with Crippen LogP contribution in [0.3, 0.4) is 0 Å². The van der Waals surface area contributed by atoms with Gasteiger partial charge in [0.2, 0.25) is 5.91 Å². The van der Waals surface area contributed by atoms with E-state index in [9.17, 15) is 25.0 Å². The number of carbonyl (C=O) groups is 1. The van der Waals surface area contributed by atoms with Gasteiger partial charge in [0.1, 0.15) is 0 Å². The Morgan fingerprint density at radius 3 is 2.21 bits per heavy atom. The quantitative estimate of drug-likeness (QED) is 0.676. The average Bonchev–Trinajstić information content (AvgIpc) is 2.97. The number of hydrogen-bond donors (Lipinski definition) is 1. The van der Waals surface area contributed by atoms with Gasteiger partial charge < -0.3 is 10.6 Å². The van der Waals surface area contributed by atoms with E-state index in [1.165, 1.54) is 4.90 Å². The molecule has 0 aromatic heterocycles. The molecule has 1 aliphatic heterocycles. The molecule has 0 bridgehead atoms. The zero-order valence-electron chi connectivity index (χ0n) is 12.3. The molecule has 2 aromatic carbocycles. The topological polar surface area (TPSA) is 133 Å². The number of nitro groups is 2. The van der Waals surface area contributed by atoms with E-state index in [0.717, 1.165) is 17.7 Å². The first-order valence-corrected chi connectivity index (χ1v) is 7.02. The van der Waals surface area contributed by atoms with E-state index in [1.807, 2.05) is 12.1 Å². The average molecular weight is 328 g/mol. The van der Waals surface area contributed by atoms with Gasteiger partial charge in [-0.25, -0.2) is 0 Å². The first-order chi connectivity index (χ1) is 11.4. The monoisotopic (exact) mass is 328 g/mol. The van der Waals surface area contributed by atoms with Crippen molar-refractivity contribution in [3.63, 3.8) is 0 Å². The molecule has 9 nitrogen and oxygen atoms in total. The minimum absolute atomic E-state index is 0.139. The highest BCUT2D eigenvalue weighted by atomic mass is 16.6. The fourth-order valence-electron chi connectivity index (χ4n) is 2.87. The molecule has 9 heteroatoms. The van der Waals surface area contributed by atoms with Gasteiger partial charge >= 0.3 is 11.4 Å². The predicted molar refractivity (Wildman–Crippen MR) is 85.4 cm³/mol. The summed E-state index contributed by atoms with van der Waals surface area (Å²) in [6.45, 7) is 0.372. The number of hydrogen-bond acceptors (Lipinski definition) is 6. The molecule has 2 aromatic rings. The summed E-state index contributed by atoms with van der Waals surface area (Å²) in [7, 11) is 0. The molecule has 0 saturated carbocycles. The summed E-state index contributed by atoms with van der Waals surface area (Å²) < 4.78 is 0. The summed E-state index contributed by atoms with van der Waals surface area (Å²) in [5.74, 6) is -0.963. The van der Waals surface area contributed by atoms with Crippen LogP contribution in [0.4, 0.5) is 22.7 Å². The molecule has 122 valence electrons. The Labute approximate surface area is 135 Å². The second-order valence-electron chi connectivity index (χ2n) is 5.27. The lowest BCUT2D eigenvalue weighted by Crippen LogP contribution is -2.18. The lowest BCUT2D eigenvalue weighted by molar-refractivity contribution is -0.392. The third kappa shape index (κ3) is 2.41. The first-order valence-electron chi connectivity index (χ1n) is 7.02. The van der Waals surface area contributed by atoms with E-state index in [4.69, 9.17) is 5.73 Å². The summed E-state index contributed by atoms with van der Waals surface area (Å²) >= 11 is 0. The molecule has 1 aliphatic rings. The molecular formula is C15H12N4O5. The molecular weight excluding hydrogens is 316 g/mol. The van der Waals surface area contributed by atoms with E-state index in [2.05, 4.69) is 0 Å². The number of para-hydroxylation sites is 1. The Hall–Kier alpha value is -3.49. The predicted octanol–water partition coefficient (Wildman–Crippen LogP) is 2.30.